The SMILES string of the molecule is CC1(C)CCCNC1CNC(=O)c1ccoc1.Cl. The molecular formula is C13H21ClN2O2. The summed E-state index contributed by atoms with van der Waals surface area (Å²) in [6, 6.07) is 2.02. The number of piperidine rings is 1. The van der Waals surface area contributed by atoms with Crippen molar-refractivity contribution < 1.29 is 9.21 Å². The largest absolute Gasteiger partial charge is 0.472 e. The Morgan fingerprint density at radius 1 is 1.61 bits per heavy atom. The molecule has 0 spiro atoms. The number of hydrogen-bond donors (Lipinski definition) is 2. The lowest BCUT2D eigenvalue weighted by Crippen LogP contribution is -2.52. The molecule has 1 unspecified atom stereocenters. The van der Waals surface area contributed by atoms with Gasteiger partial charge < -0.3 is 15.1 Å². The number of furan rings is 1. The van der Waals surface area contributed by atoms with Gasteiger partial charge in [-0.1, -0.05) is 13.8 Å². The molecule has 0 radical (unpaired) electrons. The van der Waals surface area contributed by atoms with Crippen molar-refractivity contribution in [1.82, 2.24) is 10.6 Å². The summed E-state index contributed by atoms with van der Waals surface area (Å²) in [7, 11) is 0. The molecule has 0 aliphatic carbocycles. The van der Waals surface area contributed by atoms with Gasteiger partial charge in [-0.15, -0.1) is 12.4 Å². The van der Waals surface area contributed by atoms with E-state index in [2.05, 4.69) is 24.5 Å². The minimum absolute atomic E-state index is 0. The Morgan fingerprint density at radius 3 is 3.00 bits per heavy atom. The summed E-state index contributed by atoms with van der Waals surface area (Å²) in [6.45, 7) is 6.19. The van der Waals surface area contributed by atoms with Crippen molar-refractivity contribution in [1.29, 1.82) is 0 Å². The van der Waals surface area contributed by atoms with Gasteiger partial charge in [0.2, 0.25) is 0 Å². The maximum Gasteiger partial charge on any atom is 0.254 e. The van der Waals surface area contributed by atoms with Gasteiger partial charge in [0.25, 0.3) is 5.91 Å². The summed E-state index contributed by atoms with van der Waals surface area (Å²) in [5, 5.41) is 6.42. The topological polar surface area (TPSA) is 54.3 Å². The third kappa shape index (κ3) is 3.50. The predicted molar refractivity (Wildman–Crippen MR) is 73.1 cm³/mol. The number of carbonyl (C=O) groups is 1. The van der Waals surface area contributed by atoms with Crippen molar-refractivity contribution >= 4 is 18.3 Å². The van der Waals surface area contributed by atoms with E-state index in [0.29, 0.717) is 18.2 Å². The zero-order valence-electron chi connectivity index (χ0n) is 10.9. The Morgan fingerprint density at radius 2 is 2.39 bits per heavy atom. The fourth-order valence-electron chi connectivity index (χ4n) is 2.31. The van der Waals surface area contributed by atoms with Gasteiger partial charge in [0.15, 0.2) is 0 Å². The molecule has 5 heteroatoms. The number of carbonyl (C=O) groups excluding carboxylic acids is 1. The highest BCUT2D eigenvalue weighted by Crippen LogP contribution is 2.29. The van der Waals surface area contributed by atoms with Crippen LogP contribution in [0.4, 0.5) is 0 Å². The van der Waals surface area contributed by atoms with Crippen molar-refractivity contribution in [3.05, 3.63) is 24.2 Å². The van der Waals surface area contributed by atoms with Gasteiger partial charge in [-0.25, -0.2) is 0 Å². The molecule has 1 aromatic heterocycles. The number of rotatable bonds is 3. The lowest BCUT2D eigenvalue weighted by Gasteiger charge is -2.39. The Labute approximate surface area is 114 Å². The van der Waals surface area contributed by atoms with E-state index in [0.717, 1.165) is 6.54 Å². The first-order valence-electron chi connectivity index (χ1n) is 6.13. The van der Waals surface area contributed by atoms with Gasteiger partial charge in [-0.3, -0.25) is 4.79 Å². The second kappa shape index (κ2) is 6.25. The first-order chi connectivity index (χ1) is 8.09. The lowest BCUT2D eigenvalue weighted by molar-refractivity contribution is 0.0928. The Balaban J connectivity index is 0.00000162. The molecule has 102 valence electrons. The first kappa shape index (κ1) is 15.1. The summed E-state index contributed by atoms with van der Waals surface area (Å²) in [6.07, 6.45) is 5.39. The van der Waals surface area contributed by atoms with Gasteiger partial charge in [0.05, 0.1) is 11.8 Å². The van der Waals surface area contributed by atoms with Crippen LogP contribution in [0.5, 0.6) is 0 Å². The Hall–Kier alpha value is -1.00. The van der Waals surface area contributed by atoms with Crippen LogP contribution in [0.15, 0.2) is 23.0 Å². The number of hydrogen-bond acceptors (Lipinski definition) is 3. The smallest absolute Gasteiger partial charge is 0.254 e. The minimum Gasteiger partial charge on any atom is -0.472 e. The van der Waals surface area contributed by atoms with Crippen LogP contribution in [-0.4, -0.2) is 25.0 Å². The maximum absolute atomic E-state index is 11.8. The van der Waals surface area contributed by atoms with E-state index in [9.17, 15) is 4.79 Å². The molecule has 1 aliphatic heterocycles. The van der Waals surface area contributed by atoms with Crippen molar-refractivity contribution in [2.45, 2.75) is 32.7 Å². The van der Waals surface area contributed by atoms with Crippen LogP contribution in [0.3, 0.4) is 0 Å². The Kier molecular flexibility index (Phi) is 5.23. The predicted octanol–water partition coefficient (Wildman–Crippen LogP) is 2.21. The third-order valence-electron chi connectivity index (χ3n) is 3.58. The van der Waals surface area contributed by atoms with Crippen LogP contribution < -0.4 is 10.6 Å². The third-order valence-corrected chi connectivity index (χ3v) is 3.58. The highest BCUT2D eigenvalue weighted by atomic mass is 35.5. The molecule has 1 aliphatic rings. The second-order valence-corrected chi connectivity index (χ2v) is 5.32. The molecule has 1 saturated heterocycles. The molecule has 1 amide bonds. The number of halogens is 1. The standard InChI is InChI=1S/C13H20N2O2.ClH/c1-13(2)5-3-6-14-11(13)8-15-12(16)10-4-7-17-9-10;/h4,7,9,11,14H,3,5-6,8H2,1-2H3,(H,15,16);1H. The highest BCUT2D eigenvalue weighted by Gasteiger charge is 2.31. The van der Waals surface area contributed by atoms with Crippen molar-refractivity contribution in [2.75, 3.05) is 13.1 Å². The summed E-state index contributed by atoms with van der Waals surface area (Å²) in [5.41, 5.74) is 0.820. The van der Waals surface area contributed by atoms with Crippen LogP contribution >= 0.6 is 12.4 Å². The fourth-order valence-corrected chi connectivity index (χ4v) is 2.31. The molecular weight excluding hydrogens is 252 g/mol. The molecule has 0 bridgehead atoms. The van der Waals surface area contributed by atoms with E-state index >= 15 is 0 Å². The van der Waals surface area contributed by atoms with E-state index in [-0.39, 0.29) is 23.7 Å². The van der Waals surface area contributed by atoms with Crippen LogP contribution in [0.25, 0.3) is 0 Å². The molecule has 1 atom stereocenters. The normalized spacial score (nSPS) is 22.0. The van der Waals surface area contributed by atoms with Crippen molar-refractivity contribution in [2.24, 2.45) is 5.41 Å². The molecule has 18 heavy (non-hydrogen) atoms. The molecule has 2 rings (SSSR count). The van der Waals surface area contributed by atoms with Crippen LogP contribution in [-0.2, 0) is 0 Å². The quantitative estimate of drug-likeness (QED) is 0.887. The monoisotopic (exact) mass is 272 g/mol. The van der Waals surface area contributed by atoms with Gasteiger partial charge >= 0.3 is 0 Å². The highest BCUT2D eigenvalue weighted by molar-refractivity contribution is 5.93. The lowest BCUT2D eigenvalue weighted by atomic mass is 9.77. The number of nitrogens with one attached hydrogen (secondary N) is 2. The molecule has 2 N–H and O–H groups in total. The van der Waals surface area contributed by atoms with E-state index in [4.69, 9.17) is 4.42 Å². The number of amides is 1. The van der Waals surface area contributed by atoms with Crippen molar-refractivity contribution in [3.8, 4) is 0 Å². The summed E-state index contributed by atoms with van der Waals surface area (Å²) >= 11 is 0. The van der Waals surface area contributed by atoms with E-state index in [1.807, 2.05) is 0 Å². The molecule has 0 aromatic carbocycles. The van der Waals surface area contributed by atoms with Gasteiger partial charge in [0.1, 0.15) is 6.26 Å². The summed E-state index contributed by atoms with van der Waals surface area (Å²) in [5.74, 6) is -0.0677. The molecule has 2 heterocycles. The zero-order valence-corrected chi connectivity index (χ0v) is 11.7. The maximum atomic E-state index is 11.8. The summed E-state index contributed by atoms with van der Waals surface area (Å²) < 4.78 is 4.89. The Bertz CT molecular complexity index is 376. The fraction of sp³-hybridized carbons (Fsp3) is 0.615. The average Bonchev–Trinajstić information content (AvgIpc) is 2.80. The van der Waals surface area contributed by atoms with Gasteiger partial charge in [0, 0.05) is 12.6 Å². The van der Waals surface area contributed by atoms with Crippen molar-refractivity contribution in [3.63, 3.8) is 0 Å². The van der Waals surface area contributed by atoms with Crippen LogP contribution in [0.1, 0.15) is 37.0 Å². The van der Waals surface area contributed by atoms with Gasteiger partial charge in [-0.2, -0.15) is 0 Å². The minimum atomic E-state index is -0.0677. The van der Waals surface area contributed by atoms with E-state index in [1.54, 1.807) is 6.07 Å². The second-order valence-electron chi connectivity index (χ2n) is 5.32. The van der Waals surface area contributed by atoms with E-state index in [1.165, 1.54) is 25.4 Å². The molecule has 1 fully saturated rings. The summed E-state index contributed by atoms with van der Waals surface area (Å²) in [4.78, 5) is 11.8. The van der Waals surface area contributed by atoms with Crippen LogP contribution in [0.2, 0.25) is 0 Å². The first-order valence-corrected chi connectivity index (χ1v) is 6.13. The molecule has 0 saturated carbocycles. The van der Waals surface area contributed by atoms with Gasteiger partial charge in [-0.05, 0) is 30.9 Å². The van der Waals surface area contributed by atoms with E-state index < -0.39 is 0 Å². The molecule has 1 aromatic rings. The van der Waals surface area contributed by atoms with Crippen LogP contribution in [0, 0.1) is 5.41 Å². The molecule has 4 nitrogen and oxygen atoms in total. The average molecular weight is 273 g/mol. The zero-order chi connectivity index (χ0) is 12.3.